The van der Waals surface area contributed by atoms with Crippen molar-refractivity contribution in [3.05, 3.63) is 57.2 Å². The summed E-state index contributed by atoms with van der Waals surface area (Å²) in [5, 5.41) is 12.7. The van der Waals surface area contributed by atoms with Gasteiger partial charge in [0.05, 0.1) is 11.6 Å². The average Bonchev–Trinajstić information content (AvgIpc) is 2.92. The smallest absolute Gasteiger partial charge is 0.255 e. The third-order valence-electron chi connectivity index (χ3n) is 4.84. The molecule has 2 unspecified atom stereocenters. The van der Waals surface area contributed by atoms with E-state index in [0.29, 0.717) is 24.9 Å². The molecule has 5 nitrogen and oxygen atoms in total. The van der Waals surface area contributed by atoms with Gasteiger partial charge in [-0.3, -0.25) is 9.59 Å². The summed E-state index contributed by atoms with van der Waals surface area (Å²) in [6.45, 7) is 0.462. The van der Waals surface area contributed by atoms with Crippen LogP contribution in [-0.2, 0) is 11.3 Å². The number of carbonyl (C=O) groups excluding carboxylic acids is 2. The van der Waals surface area contributed by atoms with Gasteiger partial charge in [-0.25, -0.2) is 0 Å². The molecule has 6 heteroatoms. The van der Waals surface area contributed by atoms with Crippen molar-refractivity contribution in [2.75, 3.05) is 0 Å². The van der Waals surface area contributed by atoms with Crippen LogP contribution < -0.4 is 5.32 Å². The molecule has 0 radical (unpaired) electrons. The van der Waals surface area contributed by atoms with Gasteiger partial charge in [0, 0.05) is 16.5 Å². The van der Waals surface area contributed by atoms with E-state index in [2.05, 4.69) is 34.0 Å². The zero-order valence-corrected chi connectivity index (χ0v) is 15.6. The van der Waals surface area contributed by atoms with Gasteiger partial charge in [0.2, 0.25) is 5.91 Å². The molecule has 2 aliphatic rings. The molecule has 2 atom stereocenters. The second kappa shape index (κ2) is 6.42. The lowest BCUT2D eigenvalue weighted by atomic mass is 9.97. The number of aliphatic hydroxyl groups is 1. The van der Waals surface area contributed by atoms with Crippen LogP contribution in [0.2, 0.25) is 0 Å². The molecular formula is C19H17IN2O3. The molecule has 1 fully saturated rings. The fourth-order valence-corrected chi connectivity index (χ4v) is 4.19. The fourth-order valence-electron chi connectivity index (χ4n) is 3.64. The molecule has 2 amide bonds. The van der Waals surface area contributed by atoms with Crippen molar-refractivity contribution < 1.29 is 14.7 Å². The predicted molar refractivity (Wildman–Crippen MR) is 102 cm³/mol. The van der Waals surface area contributed by atoms with Crippen LogP contribution in [0.5, 0.6) is 0 Å². The van der Waals surface area contributed by atoms with E-state index < -0.39 is 6.23 Å². The Morgan fingerprint density at radius 1 is 1.16 bits per heavy atom. The van der Waals surface area contributed by atoms with Crippen LogP contribution in [0.25, 0.3) is 11.1 Å². The highest BCUT2D eigenvalue weighted by atomic mass is 127. The summed E-state index contributed by atoms with van der Waals surface area (Å²) in [4.78, 5) is 26.2. The van der Waals surface area contributed by atoms with Gasteiger partial charge in [0.15, 0.2) is 0 Å². The van der Waals surface area contributed by atoms with Gasteiger partial charge < -0.3 is 15.3 Å². The highest BCUT2D eigenvalue weighted by Gasteiger charge is 2.39. The number of hydrogen-bond acceptors (Lipinski definition) is 3. The number of benzene rings is 2. The minimum absolute atomic E-state index is 0.0790. The topological polar surface area (TPSA) is 69.6 Å². The molecule has 1 saturated heterocycles. The molecule has 0 aromatic heterocycles. The van der Waals surface area contributed by atoms with Gasteiger partial charge in [-0.15, -0.1) is 0 Å². The number of aliphatic hydroxyl groups excluding tert-OH is 1. The highest BCUT2D eigenvalue weighted by Crippen LogP contribution is 2.35. The third-order valence-corrected chi connectivity index (χ3v) is 5.51. The molecule has 2 N–H and O–H groups in total. The summed E-state index contributed by atoms with van der Waals surface area (Å²) < 4.78 is 1.11. The highest BCUT2D eigenvalue weighted by molar-refractivity contribution is 14.1. The van der Waals surface area contributed by atoms with Crippen LogP contribution >= 0.6 is 22.6 Å². The first-order chi connectivity index (χ1) is 12.0. The number of fused-ring (bicyclic) bond motifs is 1. The summed E-state index contributed by atoms with van der Waals surface area (Å²) in [6, 6.07) is 13.6. The van der Waals surface area contributed by atoms with E-state index >= 15 is 0 Å². The Bertz CT molecular complexity index is 867. The van der Waals surface area contributed by atoms with Gasteiger partial charge in [-0.05, 0) is 57.8 Å². The lowest BCUT2D eigenvalue weighted by Crippen LogP contribution is -2.55. The van der Waals surface area contributed by atoms with E-state index in [1.54, 1.807) is 4.90 Å². The van der Waals surface area contributed by atoms with Crippen molar-refractivity contribution >= 4 is 34.4 Å². The van der Waals surface area contributed by atoms with Crippen LogP contribution in [0.15, 0.2) is 42.5 Å². The van der Waals surface area contributed by atoms with E-state index in [-0.39, 0.29) is 17.9 Å². The summed E-state index contributed by atoms with van der Waals surface area (Å²) >= 11 is 2.26. The number of hydrogen-bond donors (Lipinski definition) is 2. The van der Waals surface area contributed by atoms with Gasteiger partial charge >= 0.3 is 0 Å². The maximum absolute atomic E-state index is 13.1. The summed E-state index contributed by atoms with van der Waals surface area (Å²) in [5.41, 5.74) is 3.59. The van der Waals surface area contributed by atoms with Crippen LogP contribution in [0, 0.1) is 3.57 Å². The van der Waals surface area contributed by atoms with Crippen molar-refractivity contribution in [1.29, 1.82) is 0 Å². The number of amides is 2. The molecule has 0 aliphatic carbocycles. The van der Waals surface area contributed by atoms with Crippen molar-refractivity contribution in [2.45, 2.75) is 31.7 Å². The molecule has 0 spiro atoms. The molecule has 2 heterocycles. The number of nitrogens with one attached hydrogen (secondary N) is 1. The molecule has 4 rings (SSSR count). The number of rotatable bonds is 2. The van der Waals surface area contributed by atoms with Crippen LogP contribution in [-0.4, -0.2) is 34.1 Å². The molecule has 2 aromatic carbocycles. The van der Waals surface area contributed by atoms with E-state index in [1.165, 1.54) is 0 Å². The second-order valence-corrected chi connectivity index (χ2v) is 7.65. The molecule has 2 aromatic rings. The van der Waals surface area contributed by atoms with Crippen molar-refractivity contribution in [1.82, 2.24) is 10.2 Å². The SMILES string of the molecule is O=C1CCC(N2Cc3cccc(-c4cccc(I)c4)c3C2=O)C(O)N1. The van der Waals surface area contributed by atoms with E-state index in [9.17, 15) is 14.7 Å². The minimum Gasteiger partial charge on any atom is -0.372 e. The number of carbonyl (C=O) groups is 2. The zero-order chi connectivity index (χ0) is 17.6. The maximum atomic E-state index is 13.1. The first-order valence-corrected chi connectivity index (χ1v) is 9.28. The number of nitrogens with zero attached hydrogens (tertiary/aromatic N) is 1. The number of piperidine rings is 1. The predicted octanol–water partition coefficient (Wildman–Crippen LogP) is 2.51. The second-order valence-electron chi connectivity index (χ2n) is 6.40. The summed E-state index contributed by atoms with van der Waals surface area (Å²) in [6.07, 6.45) is -0.211. The van der Waals surface area contributed by atoms with Gasteiger partial charge in [-0.2, -0.15) is 0 Å². The Labute approximate surface area is 159 Å². The lowest BCUT2D eigenvalue weighted by molar-refractivity contribution is -0.129. The van der Waals surface area contributed by atoms with Crippen molar-refractivity contribution in [3.63, 3.8) is 0 Å². The molecule has 2 aliphatic heterocycles. The quantitative estimate of drug-likeness (QED) is 0.694. The van der Waals surface area contributed by atoms with Gasteiger partial charge in [0.1, 0.15) is 6.23 Å². The van der Waals surface area contributed by atoms with E-state index in [0.717, 1.165) is 20.3 Å². The Kier molecular flexibility index (Phi) is 4.24. The number of halogens is 1. The Morgan fingerprint density at radius 3 is 2.72 bits per heavy atom. The minimum atomic E-state index is -1.01. The normalized spacial score (nSPS) is 22.7. The van der Waals surface area contributed by atoms with Gasteiger partial charge in [-0.1, -0.05) is 30.3 Å². The standard InChI is InChI=1S/C19H17IN2O3/c20-13-5-1-3-11(9-13)14-6-2-4-12-10-22(19(25)17(12)14)15-7-8-16(23)21-18(15)24/h1-6,9,15,18,24H,7-8,10H2,(H,21,23). The lowest BCUT2D eigenvalue weighted by Gasteiger charge is -2.35. The summed E-state index contributed by atoms with van der Waals surface area (Å²) in [5.74, 6) is -0.253. The molecule has 128 valence electrons. The Hall–Kier alpha value is -1.93. The zero-order valence-electron chi connectivity index (χ0n) is 13.4. The molecule has 25 heavy (non-hydrogen) atoms. The average molecular weight is 448 g/mol. The Balaban J connectivity index is 1.71. The fraction of sp³-hybridized carbons (Fsp3) is 0.263. The van der Waals surface area contributed by atoms with E-state index in [1.807, 2.05) is 36.4 Å². The largest absolute Gasteiger partial charge is 0.372 e. The molecular weight excluding hydrogens is 431 g/mol. The third kappa shape index (κ3) is 2.93. The van der Waals surface area contributed by atoms with Gasteiger partial charge in [0.25, 0.3) is 5.91 Å². The van der Waals surface area contributed by atoms with Crippen LogP contribution in [0.4, 0.5) is 0 Å². The van der Waals surface area contributed by atoms with Crippen LogP contribution in [0.1, 0.15) is 28.8 Å². The summed E-state index contributed by atoms with van der Waals surface area (Å²) in [7, 11) is 0. The van der Waals surface area contributed by atoms with Crippen molar-refractivity contribution in [3.8, 4) is 11.1 Å². The van der Waals surface area contributed by atoms with Crippen LogP contribution in [0.3, 0.4) is 0 Å². The Morgan fingerprint density at radius 2 is 1.96 bits per heavy atom. The molecule has 0 bridgehead atoms. The maximum Gasteiger partial charge on any atom is 0.255 e. The molecule has 0 saturated carbocycles. The first kappa shape index (κ1) is 16.5. The monoisotopic (exact) mass is 448 g/mol. The van der Waals surface area contributed by atoms with Crippen molar-refractivity contribution in [2.24, 2.45) is 0 Å². The van der Waals surface area contributed by atoms with E-state index in [4.69, 9.17) is 0 Å². The first-order valence-electron chi connectivity index (χ1n) is 8.21.